The number of aliphatic hydroxyl groups is 1. The highest BCUT2D eigenvalue weighted by Gasteiger charge is 2.08. The van der Waals surface area contributed by atoms with Crippen LogP contribution in [0, 0.1) is 0 Å². The number of halogens is 2. The van der Waals surface area contributed by atoms with Crippen LogP contribution in [-0.4, -0.2) is 35.7 Å². The van der Waals surface area contributed by atoms with Crippen LogP contribution in [0.4, 0.5) is 0 Å². The quantitative estimate of drug-likeness (QED) is 0.533. The van der Waals surface area contributed by atoms with Crippen molar-refractivity contribution < 1.29 is 5.11 Å². The van der Waals surface area contributed by atoms with Crippen molar-refractivity contribution in [1.82, 2.24) is 4.90 Å². The molecule has 4 heteroatoms. The van der Waals surface area contributed by atoms with E-state index in [1.807, 2.05) is 19.0 Å². The number of aliphatic hydroxyl groups excluding tert-OH is 1. The first-order valence-corrected chi connectivity index (χ1v) is 3.46. The molecular weight excluding hydrogens is 173 g/mol. The average molecular weight is 188 g/mol. The summed E-state index contributed by atoms with van der Waals surface area (Å²) < 4.78 is 0. The summed E-state index contributed by atoms with van der Waals surface area (Å²) in [7, 11) is 3.78. The van der Waals surface area contributed by atoms with E-state index < -0.39 is 0 Å². The Labute approximate surface area is 73.6 Å². The van der Waals surface area contributed by atoms with Gasteiger partial charge in [-0.25, -0.2) is 0 Å². The molecule has 0 aromatic carbocycles. The van der Waals surface area contributed by atoms with Gasteiger partial charge in [0.15, 0.2) is 0 Å². The summed E-state index contributed by atoms with van der Waals surface area (Å²) in [5.41, 5.74) is -0.0509. The van der Waals surface area contributed by atoms with E-state index in [9.17, 15) is 0 Å². The first-order valence-electron chi connectivity index (χ1n) is 3.02. The molecule has 0 aliphatic heterocycles. The van der Waals surface area contributed by atoms with Crippen molar-refractivity contribution in [2.45, 2.75) is 24.9 Å². The van der Waals surface area contributed by atoms with Crippen molar-refractivity contribution in [3.63, 3.8) is 0 Å². The summed E-state index contributed by atoms with van der Waals surface area (Å²) in [6, 6.07) is 0. The topological polar surface area (TPSA) is 23.5 Å². The van der Waals surface area contributed by atoms with E-state index >= 15 is 0 Å². The molecule has 0 bridgehead atoms. The Balaban J connectivity index is 0. The van der Waals surface area contributed by atoms with Gasteiger partial charge in [-0.1, -0.05) is 0 Å². The highest BCUT2D eigenvalue weighted by atomic mass is 35.5. The second-order valence-corrected chi connectivity index (χ2v) is 2.99. The number of rotatable bonds is 3. The zero-order valence-corrected chi connectivity index (χ0v) is 8.11. The fourth-order valence-electron chi connectivity index (χ4n) is 0.492. The predicted octanol–water partition coefficient (Wildman–Crippen LogP) is 1.31. The first-order chi connectivity index (χ1) is 4.04. The molecule has 0 radical (unpaired) electrons. The van der Waals surface area contributed by atoms with Crippen LogP contribution in [0.1, 0.15) is 13.3 Å². The molecule has 0 aromatic heterocycles. The summed E-state index contributed by atoms with van der Waals surface area (Å²) >= 11 is 5.78. The van der Waals surface area contributed by atoms with Gasteiger partial charge in [0.25, 0.3) is 0 Å². The SMILES string of the molecule is CC(O)CC(Cl)N(C)C.Cl. The van der Waals surface area contributed by atoms with Gasteiger partial charge in [0, 0.05) is 6.42 Å². The van der Waals surface area contributed by atoms with Crippen LogP contribution >= 0.6 is 24.0 Å². The molecule has 2 nitrogen and oxygen atoms in total. The van der Waals surface area contributed by atoms with Gasteiger partial charge in [0.2, 0.25) is 0 Å². The summed E-state index contributed by atoms with van der Waals surface area (Å²) in [5.74, 6) is 0. The number of nitrogens with zero attached hydrogens (tertiary/aromatic N) is 1. The van der Waals surface area contributed by atoms with Gasteiger partial charge in [-0.05, 0) is 21.0 Å². The number of hydrogen-bond donors (Lipinski definition) is 1. The molecule has 0 spiro atoms. The molecule has 0 saturated heterocycles. The Morgan fingerprint density at radius 3 is 2.00 bits per heavy atom. The van der Waals surface area contributed by atoms with Crippen LogP contribution in [0.5, 0.6) is 0 Å². The van der Waals surface area contributed by atoms with Crippen molar-refractivity contribution in [2.75, 3.05) is 14.1 Å². The van der Waals surface area contributed by atoms with Crippen molar-refractivity contribution in [3.8, 4) is 0 Å². The second kappa shape index (κ2) is 6.23. The van der Waals surface area contributed by atoms with Crippen LogP contribution in [-0.2, 0) is 0 Å². The van der Waals surface area contributed by atoms with E-state index in [4.69, 9.17) is 16.7 Å². The zero-order valence-electron chi connectivity index (χ0n) is 6.54. The molecule has 0 aliphatic rings. The van der Waals surface area contributed by atoms with Gasteiger partial charge in [-0.3, -0.25) is 4.90 Å². The molecule has 0 amide bonds. The van der Waals surface area contributed by atoms with Crippen LogP contribution in [0.3, 0.4) is 0 Å². The fourth-order valence-corrected chi connectivity index (χ4v) is 0.750. The summed E-state index contributed by atoms with van der Waals surface area (Å²) in [4.78, 5) is 1.87. The van der Waals surface area contributed by atoms with E-state index in [-0.39, 0.29) is 24.0 Å². The lowest BCUT2D eigenvalue weighted by Crippen LogP contribution is -2.25. The van der Waals surface area contributed by atoms with E-state index in [2.05, 4.69) is 0 Å². The van der Waals surface area contributed by atoms with E-state index in [0.717, 1.165) is 0 Å². The van der Waals surface area contributed by atoms with Gasteiger partial charge in [0.05, 0.1) is 11.6 Å². The third kappa shape index (κ3) is 6.62. The number of hydrogen-bond acceptors (Lipinski definition) is 2. The van der Waals surface area contributed by atoms with Gasteiger partial charge in [0.1, 0.15) is 0 Å². The largest absolute Gasteiger partial charge is 0.393 e. The third-order valence-corrected chi connectivity index (χ3v) is 1.66. The smallest absolute Gasteiger partial charge is 0.0870 e. The van der Waals surface area contributed by atoms with Gasteiger partial charge in [-0.2, -0.15) is 0 Å². The predicted molar refractivity (Wildman–Crippen MR) is 46.9 cm³/mol. The third-order valence-electron chi connectivity index (χ3n) is 1.10. The molecule has 0 saturated carbocycles. The maximum Gasteiger partial charge on any atom is 0.0870 e. The van der Waals surface area contributed by atoms with E-state index in [1.54, 1.807) is 6.92 Å². The highest BCUT2D eigenvalue weighted by molar-refractivity contribution is 6.20. The molecule has 0 fully saturated rings. The Bertz CT molecular complexity index is 78.1. The lowest BCUT2D eigenvalue weighted by atomic mass is 10.3. The molecule has 64 valence electrons. The van der Waals surface area contributed by atoms with E-state index in [1.165, 1.54) is 0 Å². The Hall–Kier alpha value is 0.500. The Morgan fingerprint density at radius 1 is 1.50 bits per heavy atom. The molecule has 0 heterocycles. The molecule has 10 heavy (non-hydrogen) atoms. The van der Waals surface area contributed by atoms with Gasteiger partial charge >= 0.3 is 0 Å². The first kappa shape index (κ1) is 13.1. The molecule has 0 aliphatic carbocycles. The number of alkyl halides is 1. The monoisotopic (exact) mass is 187 g/mol. The maximum atomic E-state index is 8.86. The minimum Gasteiger partial charge on any atom is -0.393 e. The maximum absolute atomic E-state index is 8.86. The molecular formula is C6H15Cl2NO. The highest BCUT2D eigenvalue weighted by Crippen LogP contribution is 2.06. The lowest BCUT2D eigenvalue weighted by molar-refractivity contribution is 0.161. The van der Waals surface area contributed by atoms with Crippen molar-refractivity contribution in [1.29, 1.82) is 0 Å². The second-order valence-electron chi connectivity index (χ2n) is 2.48. The van der Waals surface area contributed by atoms with Crippen LogP contribution in [0.2, 0.25) is 0 Å². The van der Waals surface area contributed by atoms with E-state index in [0.29, 0.717) is 6.42 Å². The fraction of sp³-hybridized carbons (Fsp3) is 1.00. The molecule has 2 unspecified atom stereocenters. The molecule has 0 rings (SSSR count). The molecule has 1 N–H and O–H groups in total. The standard InChI is InChI=1S/C6H14ClNO.ClH/c1-5(9)4-6(7)8(2)3;/h5-6,9H,4H2,1-3H3;1H. The zero-order chi connectivity index (χ0) is 7.44. The van der Waals surface area contributed by atoms with Crippen LogP contribution < -0.4 is 0 Å². The van der Waals surface area contributed by atoms with Crippen molar-refractivity contribution >= 4 is 24.0 Å². The minimum absolute atomic E-state index is 0. The lowest BCUT2D eigenvalue weighted by Gasteiger charge is -2.18. The van der Waals surface area contributed by atoms with Gasteiger partial charge < -0.3 is 5.11 Å². The molecule has 0 aromatic rings. The molecule has 2 atom stereocenters. The average Bonchev–Trinajstić information content (AvgIpc) is 1.63. The van der Waals surface area contributed by atoms with Crippen molar-refractivity contribution in [3.05, 3.63) is 0 Å². The summed E-state index contributed by atoms with van der Waals surface area (Å²) in [5, 5.41) is 8.86. The normalized spacial score (nSPS) is 16.2. The van der Waals surface area contributed by atoms with Crippen LogP contribution in [0.25, 0.3) is 0 Å². The van der Waals surface area contributed by atoms with Gasteiger partial charge in [-0.15, -0.1) is 24.0 Å². The van der Waals surface area contributed by atoms with Crippen LogP contribution in [0.15, 0.2) is 0 Å². The Morgan fingerprint density at radius 2 is 1.90 bits per heavy atom. The van der Waals surface area contributed by atoms with Crippen molar-refractivity contribution in [2.24, 2.45) is 0 Å². The minimum atomic E-state index is -0.310. The summed E-state index contributed by atoms with van der Waals surface area (Å²) in [6.07, 6.45) is 0.309. The summed E-state index contributed by atoms with van der Waals surface area (Å²) in [6.45, 7) is 1.74. The Kier molecular flexibility index (Phi) is 8.17.